The van der Waals surface area contributed by atoms with Gasteiger partial charge in [0.2, 0.25) is 0 Å². The molecule has 2 rings (SSSR count). The summed E-state index contributed by atoms with van der Waals surface area (Å²) in [5.74, 6) is 0. The lowest BCUT2D eigenvalue weighted by atomic mass is 10.0. The summed E-state index contributed by atoms with van der Waals surface area (Å²) in [7, 11) is 0. The maximum absolute atomic E-state index is 10.5. The lowest BCUT2D eigenvalue weighted by Crippen LogP contribution is -1.90. The van der Waals surface area contributed by atoms with Gasteiger partial charge in [0.1, 0.15) is 6.29 Å². The highest BCUT2D eigenvalue weighted by molar-refractivity contribution is 5.86. The number of carbonyl (C=O) groups is 1. The number of benzene rings is 1. The molecule has 0 saturated carbocycles. The summed E-state index contributed by atoms with van der Waals surface area (Å²) in [6.07, 6.45) is 7.65. The molecule has 2 aromatic rings. The molecule has 2 nitrogen and oxygen atoms in total. The Bertz CT molecular complexity index is 725. The summed E-state index contributed by atoms with van der Waals surface area (Å²) in [6, 6.07) is 8.45. The number of fused-ring (bicyclic) bond motifs is 1. The number of hydrogen-bond donors (Lipinski definition) is 0. The van der Waals surface area contributed by atoms with E-state index in [0.29, 0.717) is 6.42 Å². The molecule has 0 radical (unpaired) electrons. The number of aldehydes is 1. The molecule has 0 unspecified atom stereocenters. The van der Waals surface area contributed by atoms with Crippen molar-refractivity contribution in [3.8, 4) is 0 Å². The zero-order valence-corrected chi connectivity index (χ0v) is 12.3. The van der Waals surface area contributed by atoms with Crippen molar-refractivity contribution in [3.63, 3.8) is 0 Å². The number of rotatable bonds is 6. The van der Waals surface area contributed by atoms with Crippen LogP contribution in [0, 0.1) is 0 Å². The first-order valence-corrected chi connectivity index (χ1v) is 7.02. The predicted octanol–water partition coefficient (Wildman–Crippen LogP) is 4.51. The van der Waals surface area contributed by atoms with Crippen LogP contribution in [0.5, 0.6) is 0 Å². The van der Waals surface area contributed by atoms with Gasteiger partial charge >= 0.3 is 0 Å². The number of aryl methyl sites for hydroxylation is 1. The molecular formula is C19H19NO. The summed E-state index contributed by atoms with van der Waals surface area (Å²) < 4.78 is 0. The van der Waals surface area contributed by atoms with Crippen LogP contribution in [0.25, 0.3) is 16.3 Å². The molecule has 0 aliphatic carbocycles. The van der Waals surface area contributed by atoms with Gasteiger partial charge in [-0.3, -0.25) is 4.98 Å². The van der Waals surface area contributed by atoms with E-state index < -0.39 is 0 Å². The first kappa shape index (κ1) is 14.9. The Kier molecular flexibility index (Phi) is 4.83. The topological polar surface area (TPSA) is 30.0 Å². The largest absolute Gasteiger partial charge is 0.303 e. The van der Waals surface area contributed by atoms with E-state index in [1.807, 2.05) is 12.3 Å². The lowest BCUT2D eigenvalue weighted by molar-refractivity contribution is -0.107. The highest BCUT2D eigenvalue weighted by atomic mass is 16.1. The molecule has 1 aromatic heterocycles. The Hall–Kier alpha value is -2.48. The monoisotopic (exact) mass is 277 g/mol. The Morgan fingerprint density at radius 3 is 2.76 bits per heavy atom. The van der Waals surface area contributed by atoms with E-state index in [2.05, 4.69) is 49.3 Å². The summed E-state index contributed by atoms with van der Waals surface area (Å²) in [6.45, 7) is 9.83. The average molecular weight is 277 g/mol. The Morgan fingerprint density at radius 1 is 1.29 bits per heavy atom. The van der Waals surface area contributed by atoms with Crippen LogP contribution in [0.1, 0.15) is 24.6 Å². The zero-order valence-electron chi connectivity index (χ0n) is 12.3. The molecule has 0 amide bonds. The Balaban J connectivity index is 2.46. The molecule has 1 aromatic carbocycles. The van der Waals surface area contributed by atoms with Gasteiger partial charge in [0.25, 0.3) is 0 Å². The molecule has 0 aliphatic heterocycles. The Morgan fingerprint density at radius 2 is 2.10 bits per heavy atom. The fraction of sp³-hybridized carbons (Fsp3) is 0.158. The summed E-state index contributed by atoms with van der Waals surface area (Å²) in [5, 5.41) is 2.28. The van der Waals surface area contributed by atoms with Crippen LogP contribution in [-0.4, -0.2) is 11.3 Å². The van der Waals surface area contributed by atoms with Crippen molar-refractivity contribution in [2.45, 2.75) is 19.8 Å². The molecule has 0 saturated heterocycles. The number of hydrogen-bond acceptors (Lipinski definition) is 2. The van der Waals surface area contributed by atoms with E-state index in [4.69, 9.17) is 0 Å². The highest BCUT2D eigenvalue weighted by Crippen LogP contribution is 2.22. The molecular weight excluding hydrogens is 258 g/mol. The SMILES string of the molecule is C=C/C(=C\C(=C)CC=O)c1cc2cc(CC)ccc2cn1. The van der Waals surface area contributed by atoms with Crippen molar-refractivity contribution < 1.29 is 4.79 Å². The smallest absolute Gasteiger partial charge is 0.124 e. The minimum Gasteiger partial charge on any atom is -0.303 e. The highest BCUT2D eigenvalue weighted by Gasteiger charge is 2.03. The number of allylic oxidation sites excluding steroid dienone is 4. The van der Waals surface area contributed by atoms with Crippen LogP contribution in [0.4, 0.5) is 0 Å². The predicted molar refractivity (Wildman–Crippen MR) is 89.1 cm³/mol. The first-order chi connectivity index (χ1) is 10.2. The van der Waals surface area contributed by atoms with Gasteiger partial charge in [-0.15, -0.1) is 0 Å². The van der Waals surface area contributed by atoms with Gasteiger partial charge < -0.3 is 4.79 Å². The molecule has 106 valence electrons. The summed E-state index contributed by atoms with van der Waals surface area (Å²) in [4.78, 5) is 15.0. The van der Waals surface area contributed by atoms with Gasteiger partial charge in [0.05, 0.1) is 5.69 Å². The fourth-order valence-corrected chi connectivity index (χ4v) is 2.19. The summed E-state index contributed by atoms with van der Waals surface area (Å²) in [5.41, 5.74) is 3.78. The van der Waals surface area contributed by atoms with Gasteiger partial charge in [-0.2, -0.15) is 0 Å². The third-order valence-corrected chi connectivity index (χ3v) is 3.42. The average Bonchev–Trinajstić information content (AvgIpc) is 2.51. The van der Waals surface area contributed by atoms with Gasteiger partial charge in [-0.25, -0.2) is 0 Å². The standard InChI is InChI=1S/C19H19NO/c1-4-15-6-7-17-13-20-19(12-18(17)11-15)16(5-2)10-14(3)8-9-21/h5-7,9-13H,2-4,8H2,1H3/b16-10+. The fourth-order valence-electron chi connectivity index (χ4n) is 2.19. The van der Waals surface area contributed by atoms with Crippen molar-refractivity contribution in [3.05, 3.63) is 72.6 Å². The van der Waals surface area contributed by atoms with Crippen LogP contribution in [0.15, 0.2) is 61.3 Å². The van der Waals surface area contributed by atoms with Gasteiger partial charge in [-0.1, -0.05) is 44.4 Å². The minimum absolute atomic E-state index is 0.324. The number of nitrogens with zero attached hydrogens (tertiary/aromatic N) is 1. The second kappa shape index (κ2) is 6.80. The molecule has 0 N–H and O–H groups in total. The number of carbonyl (C=O) groups excluding carboxylic acids is 1. The van der Waals surface area contributed by atoms with Gasteiger partial charge in [0.15, 0.2) is 0 Å². The molecule has 2 heteroatoms. The second-order valence-electron chi connectivity index (χ2n) is 4.94. The van der Waals surface area contributed by atoms with E-state index >= 15 is 0 Å². The molecule has 0 aliphatic rings. The van der Waals surface area contributed by atoms with Crippen LogP contribution in [0.3, 0.4) is 0 Å². The van der Waals surface area contributed by atoms with Crippen molar-refractivity contribution in [2.24, 2.45) is 0 Å². The maximum Gasteiger partial charge on any atom is 0.124 e. The third kappa shape index (κ3) is 3.54. The third-order valence-electron chi connectivity index (χ3n) is 3.42. The van der Waals surface area contributed by atoms with Gasteiger partial charge in [0, 0.05) is 18.0 Å². The van der Waals surface area contributed by atoms with Crippen LogP contribution >= 0.6 is 0 Å². The first-order valence-electron chi connectivity index (χ1n) is 7.02. The normalized spacial score (nSPS) is 11.4. The number of pyridine rings is 1. The van der Waals surface area contributed by atoms with Crippen LogP contribution in [-0.2, 0) is 11.2 Å². The molecule has 0 bridgehead atoms. The van der Waals surface area contributed by atoms with Crippen molar-refractivity contribution >= 4 is 22.6 Å². The molecule has 0 fully saturated rings. The zero-order chi connectivity index (χ0) is 15.2. The number of aromatic nitrogens is 1. The van der Waals surface area contributed by atoms with E-state index in [9.17, 15) is 4.79 Å². The van der Waals surface area contributed by atoms with E-state index in [-0.39, 0.29) is 0 Å². The van der Waals surface area contributed by atoms with Gasteiger partial charge in [-0.05, 0) is 40.7 Å². The van der Waals surface area contributed by atoms with Crippen LogP contribution in [0.2, 0.25) is 0 Å². The van der Waals surface area contributed by atoms with E-state index in [1.54, 1.807) is 6.08 Å². The van der Waals surface area contributed by atoms with Crippen molar-refractivity contribution in [2.75, 3.05) is 0 Å². The molecule has 0 spiro atoms. The van der Waals surface area contributed by atoms with E-state index in [1.165, 1.54) is 5.56 Å². The van der Waals surface area contributed by atoms with Crippen molar-refractivity contribution in [1.82, 2.24) is 4.98 Å². The molecule has 0 atom stereocenters. The summed E-state index contributed by atoms with van der Waals surface area (Å²) >= 11 is 0. The lowest BCUT2D eigenvalue weighted by Gasteiger charge is -2.06. The second-order valence-corrected chi connectivity index (χ2v) is 4.94. The molecule has 1 heterocycles. The van der Waals surface area contributed by atoms with Crippen LogP contribution < -0.4 is 0 Å². The minimum atomic E-state index is 0.324. The molecule has 21 heavy (non-hydrogen) atoms. The Labute approximate surface area is 125 Å². The van der Waals surface area contributed by atoms with Crippen molar-refractivity contribution in [1.29, 1.82) is 0 Å². The van der Waals surface area contributed by atoms with E-state index in [0.717, 1.165) is 40.3 Å². The quantitative estimate of drug-likeness (QED) is 0.574. The maximum atomic E-state index is 10.5.